The molecule has 0 bridgehead atoms. The van der Waals surface area contributed by atoms with E-state index in [1.807, 2.05) is 25.1 Å². The maximum Gasteiger partial charge on any atom is 0.339 e. The lowest BCUT2D eigenvalue weighted by molar-refractivity contribution is -0.127. The summed E-state index contributed by atoms with van der Waals surface area (Å²) in [6, 6.07) is 5.35. The summed E-state index contributed by atoms with van der Waals surface area (Å²) in [5, 5.41) is 3.16. The lowest BCUT2D eigenvalue weighted by Crippen LogP contribution is -2.31. The van der Waals surface area contributed by atoms with Gasteiger partial charge in [-0.2, -0.15) is 0 Å². The van der Waals surface area contributed by atoms with Crippen molar-refractivity contribution in [3.8, 4) is 0 Å². The number of rotatable bonds is 4. The molecule has 2 rings (SSSR count). The summed E-state index contributed by atoms with van der Waals surface area (Å²) >= 11 is 0. The van der Waals surface area contributed by atoms with Crippen LogP contribution < -0.4 is 5.32 Å². The Labute approximate surface area is 118 Å². The number of likely N-dealkylation sites (tertiary alicyclic amines) is 1. The standard InChI is InChI=1S/C15H20N2O3/c1-4-10-5-6-12(11(9-10)15(19)20-3)16-13-7-8-17(2)14(13)18/h5-6,9,13,16H,4,7-8H2,1-3H3/t13-/m1/s1. The number of carbonyl (C=O) groups is 2. The molecule has 1 atom stereocenters. The quantitative estimate of drug-likeness (QED) is 0.850. The molecule has 1 aliphatic rings. The molecule has 0 spiro atoms. The Morgan fingerprint density at radius 1 is 1.50 bits per heavy atom. The summed E-state index contributed by atoms with van der Waals surface area (Å²) in [5.74, 6) is -0.331. The van der Waals surface area contributed by atoms with Gasteiger partial charge in [0.1, 0.15) is 6.04 Å². The molecular formula is C15H20N2O3. The number of hydrogen-bond donors (Lipinski definition) is 1. The van der Waals surface area contributed by atoms with Crippen molar-refractivity contribution < 1.29 is 14.3 Å². The molecule has 0 saturated carbocycles. The normalized spacial score (nSPS) is 18.2. The minimum absolute atomic E-state index is 0.0559. The second-order valence-electron chi connectivity index (χ2n) is 4.97. The molecule has 1 saturated heterocycles. The van der Waals surface area contributed by atoms with Gasteiger partial charge in [-0.25, -0.2) is 4.79 Å². The van der Waals surface area contributed by atoms with E-state index in [4.69, 9.17) is 4.74 Å². The van der Waals surface area contributed by atoms with Crippen molar-refractivity contribution in [2.24, 2.45) is 0 Å². The molecule has 108 valence electrons. The lowest BCUT2D eigenvalue weighted by atomic mass is 10.1. The topological polar surface area (TPSA) is 58.6 Å². The summed E-state index contributed by atoms with van der Waals surface area (Å²) in [7, 11) is 3.14. The van der Waals surface area contributed by atoms with Crippen LogP contribution in [0, 0.1) is 0 Å². The largest absolute Gasteiger partial charge is 0.465 e. The van der Waals surface area contributed by atoms with Crippen LogP contribution in [-0.4, -0.2) is 43.5 Å². The number of carbonyl (C=O) groups excluding carboxylic acids is 2. The van der Waals surface area contributed by atoms with Gasteiger partial charge >= 0.3 is 5.97 Å². The van der Waals surface area contributed by atoms with Crippen LogP contribution in [0.25, 0.3) is 0 Å². The first-order valence-corrected chi connectivity index (χ1v) is 6.79. The number of hydrogen-bond acceptors (Lipinski definition) is 4. The number of anilines is 1. The van der Waals surface area contributed by atoms with Crippen molar-refractivity contribution in [1.82, 2.24) is 4.90 Å². The van der Waals surface area contributed by atoms with Crippen LogP contribution in [0.15, 0.2) is 18.2 Å². The summed E-state index contributed by atoms with van der Waals surface area (Å²) in [6.07, 6.45) is 1.58. The van der Waals surface area contributed by atoms with Crippen molar-refractivity contribution in [2.45, 2.75) is 25.8 Å². The van der Waals surface area contributed by atoms with Crippen LogP contribution in [-0.2, 0) is 16.0 Å². The van der Waals surface area contributed by atoms with E-state index in [0.717, 1.165) is 24.9 Å². The van der Waals surface area contributed by atoms with Gasteiger partial charge in [0.25, 0.3) is 0 Å². The van der Waals surface area contributed by atoms with E-state index in [9.17, 15) is 9.59 Å². The number of benzene rings is 1. The molecule has 1 fully saturated rings. The van der Waals surface area contributed by atoms with Gasteiger partial charge in [0.15, 0.2) is 0 Å². The van der Waals surface area contributed by atoms with Gasteiger partial charge in [-0.1, -0.05) is 13.0 Å². The van der Waals surface area contributed by atoms with Gasteiger partial charge in [-0.15, -0.1) is 0 Å². The minimum Gasteiger partial charge on any atom is -0.465 e. The van der Waals surface area contributed by atoms with E-state index in [-0.39, 0.29) is 17.9 Å². The first kappa shape index (κ1) is 14.4. The smallest absolute Gasteiger partial charge is 0.339 e. The fourth-order valence-electron chi connectivity index (χ4n) is 2.36. The first-order valence-electron chi connectivity index (χ1n) is 6.79. The van der Waals surface area contributed by atoms with Crippen LogP contribution in [0.2, 0.25) is 0 Å². The molecule has 0 aromatic heterocycles. The van der Waals surface area contributed by atoms with Crippen LogP contribution in [0.4, 0.5) is 5.69 Å². The molecule has 1 amide bonds. The number of methoxy groups -OCH3 is 1. The second kappa shape index (κ2) is 5.94. The van der Waals surface area contributed by atoms with Crippen molar-refractivity contribution in [2.75, 3.05) is 26.0 Å². The average molecular weight is 276 g/mol. The molecule has 0 aliphatic carbocycles. The average Bonchev–Trinajstić information content (AvgIpc) is 2.79. The Morgan fingerprint density at radius 2 is 2.25 bits per heavy atom. The SMILES string of the molecule is CCc1ccc(N[C@@H]2CCN(C)C2=O)c(C(=O)OC)c1. The highest BCUT2D eigenvalue weighted by Gasteiger charge is 2.29. The first-order chi connectivity index (χ1) is 9.56. The number of nitrogens with zero attached hydrogens (tertiary/aromatic N) is 1. The van der Waals surface area contributed by atoms with Crippen LogP contribution in [0.5, 0.6) is 0 Å². The number of amides is 1. The molecule has 1 N–H and O–H groups in total. The molecular weight excluding hydrogens is 256 g/mol. The van der Waals surface area contributed by atoms with Gasteiger partial charge in [0.2, 0.25) is 5.91 Å². The number of aryl methyl sites for hydroxylation is 1. The molecule has 1 aliphatic heterocycles. The Bertz CT molecular complexity index is 528. The van der Waals surface area contributed by atoms with Crippen LogP contribution in [0.3, 0.4) is 0 Å². The van der Waals surface area contributed by atoms with Gasteiger partial charge in [0, 0.05) is 19.3 Å². The predicted octanol–water partition coefficient (Wildman–Crippen LogP) is 1.68. The maximum absolute atomic E-state index is 11.9. The molecule has 1 heterocycles. The molecule has 0 unspecified atom stereocenters. The van der Waals surface area contributed by atoms with Crippen molar-refractivity contribution in [3.63, 3.8) is 0 Å². The zero-order valence-electron chi connectivity index (χ0n) is 12.1. The number of nitrogens with one attached hydrogen (secondary N) is 1. The van der Waals surface area contributed by atoms with E-state index >= 15 is 0 Å². The highest BCUT2D eigenvalue weighted by Crippen LogP contribution is 2.22. The highest BCUT2D eigenvalue weighted by atomic mass is 16.5. The number of likely N-dealkylation sites (N-methyl/N-ethyl adjacent to an activating group) is 1. The zero-order chi connectivity index (χ0) is 14.7. The van der Waals surface area contributed by atoms with Crippen molar-refractivity contribution in [3.05, 3.63) is 29.3 Å². The third-order valence-corrected chi connectivity index (χ3v) is 3.65. The number of ether oxygens (including phenoxy) is 1. The molecule has 1 aromatic carbocycles. The van der Waals surface area contributed by atoms with E-state index in [2.05, 4.69) is 5.32 Å². The molecule has 5 heteroatoms. The lowest BCUT2D eigenvalue weighted by Gasteiger charge is -2.16. The Kier molecular flexibility index (Phi) is 4.27. The van der Waals surface area contributed by atoms with E-state index in [1.54, 1.807) is 11.9 Å². The minimum atomic E-state index is -0.387. The van der Waals surface area contributed by atoms with Gasteiger partial charge < -0.3 is 15.0 Å². The monoisotopic (exact) mass is 276 g/mol. The summed E-state index contributed by atoms with van der Waals surface area (Å²) < 4.78 is 4.81. The maximum atomic E-state index is 11.9. The Balaban J connectivity index is 2.26. The zero-order valence-corrected chi connectivity index (χ0v) is 12.1. The number of esters is 1. The van der Waals surface area contributed by atoms with Crippen LogP contribution in [0.1, 0.15) is 29.3 Å². The van der Waals surface area contributed by atoms with E-state index < -0.39 is 0 Å². The van der Waals surface area contributed by atoms with Crippen LogP contribution >= 0.6 is 0 Å². The third-order valence-electron chi connectivity index (χ3n) is 3.65. The Morgan fingerprint density at radius 3 is 2.80 bits per heavy atom. The second-order valence-corrected chi connectivity index (χ2v) is 4.97. The molecule has 5 nitrogen and oxygen atoms in total. The van der Waals surface area contributed by atoms with Gasteiger partial charge in [0.05, 0.1) is 12.7 Å². The Hall–Kier alpha value is -2.04. The van der Waals surface area contributed by atoms with Crippen molar-refractivity contribution in [1.29, 1.82) is 0 Å². The fourth-order valence-corrected chi connectivity index (χ4v) is 2.36. The molecule has 0 radical (unpaired) electrons. The fraction of sp³-hybridized carbons (Fsp3) is 0.467. The molecule has 1 aromatic rings. The summed E-state index contributed by atoms with van der Waals surface area (Å²) in [5.41, 5.74) is 2.20. The molecule has 20 heavy (non-hydrogen) atoms. The predicted molar refractivity (Wildman–Crippen MR) is 76.8 cm³/mol. The third kappa shape index (κ3) is 2.76. The summed E-state index contributed by atoms with van der Waals surface area (Å²) in [4.78, 5) is 25.5. The highest BCUT2D eigenvalue weighted by molar-refractivity contribution is 5.97. The van der Waals surface area contributed by atoms with Gasteiger partial charge in [-0.05, 0) is 30.5 Å². The summed E-state index contributed by atoms with van der Waals surface area (Å²) in [6.45, 7) is 2.76. The van der Waals surface area contributed by atoms with Gasteiger partial charge in [-0.3, -0.25) is 4.79 Å². The van der Waals surface area contributed by atoms with E-state index in [1.165, 1.54) is 7.11 Å². The van der Waals surface area contributed by atoms with E-state index in [0.29, 0.717) is 11.3 Å². The van der Waals surface area contributed by atoms with Crippen molar-refractivity contribution >= 4 is 17.6 Å².